The van der Waals surface area contributed by atoms with Crippen LogP contribution in [0, 0.1) is 60.0 Å². The maximum absolute atomic E-state index is 13.4. The molecule has 6 bridgehead atoms. The van der Waals surface area contributed by atoms with E-state index in [2.05, 4.69) is 210 Å². The molecule has 0 saturated carbocycles. The molecule has 9 heterocycles. The molecule has 6 fully saturated rings. The zero-order chi connectivity index (χ0) is 101. The fourth-order valence-corrected chi connectivity index (χ4v) is 23.7. The zero-order valence-electron chi connectivity index (χ0n) is 82.7. The van der Waals surface area contributed by atoms with Crippen LogP contribution in [-0.2, 0) is 65.2 Å². The predicted octanol–water partition coefficient (Wildman–Crippen LogP) is 14.7. The van der Waals surface area contributed by atoms with E-state index >= 15 is 0 Å². The fraction of sp³-hybridized carbons (Fsp3) is 0.608. The van der Waals surface area contributed by atoms with Crippen LogP contribution in [0.3, 0.4) is 0 Å². The molecule has 6 unspecified atom stereocenters. The Morgan fingerprint density at radius 3 is 1.20 bits per heavy atom. The van der Waals surface area contributed by atoms with Crippen LogP contribution in [0.25, 0.3) is 42.0 Å². The van der Waals surface area contributed by atoms with Crippen LogP contribution in [0.1, 0.15) is 268 Å². The van der Waals surface area contributed by atoms with Crippen LogP contribution < -0.4 is 49.7 Å². The van der Waals surface area contributed by atoms with Gasteiger partial charge in [0.05, 0.1) is 58.6 Å². The first-order chi connectivity index (χ1) is 66.7. The van der Waals surface area contributed by atoms with Gasteiger partial charge in [0, 0.05) is 73.7 Å². The van der Waals surface area contributed by atoms with Crippen LogP contribution in [0.2, 0.25) is 0 Å². The Morgan fingerprint density at radius 1 is 0.489 bits per heavy atom. The average molecular weight is 2010 g/mol. The van der Waals surface area contributed by atoms with E-state index in [9.17, 15) is 43.2 Å². The lowest BCUT2D eigenvalue weighted by Crippen LogP contribution is -2.43. The molecule has 0 spiro atoms. The minimum atomic E-state index is -1.62. The summed E-state index contributed by atoms with van der Waals surface area (Å²) in [6.07, 6.45) is 10.8. The summed E-state index contributed by atoms with van der Waals surface area (Å²) in [5.41, 5.74) is -5.72. The van der Waals surface area contributed by atoms with Crippen LogP contribution >= 0.6 is 25.6 Å². The zero-order valence-corrected chi connectivity index (χ0v) is 85.4. The van der Waals surface area contributed by atoms with Gasteiger partial charge >= 0.3 is 17.1 Å². The Kier molecular flexibility index (Phi) is 43.7. The average Bonchev–Trinajstić information content (AvgIpc) is 1.62. The normalized spacial score (nSPS) is 22.4. The lowest BCUT2D eigenvalue weighted by atomic mass is 9.92. The molecule has 0 aliphatic carbocycles. The SMILES string of the molecule is C.C.CC[C@]12COC([C@H](n3cc(C#CCNC(=O)c4ccc5ccc6cccc7ccc4c5c67)c(=O)[nH]c3=O)O1)[C@@H]2OP(OCCC#N)N(C(C)C)C(C)C.[C-]#[N+]CCOP(O[C@H]1C2OC[C@@]1(CC)O[C@H]2n1cc(C#CCNC(=O)CCCCCCCCCCC)c(=O)[nH]c1=O)N(C(C)C)C(C)C.[C-]#[N+]CCOP(O[C@H]1C2OC[C@@]1(CC)O[C@H]2n1cc(C#CCNC(C)=O)c(=O)[nH]c1=O)N(C(C)C)C(C)C. The topological polar surface area (TPSA) is 405 Å². The Hall–Kier alpha value is -9.79. The highest BCUT2D eigenvalue weighted by molar-refractivity contribution is 7.45. The first-order valence-electron chi connectivity index (χ1n) is 48.2. The third-order valence-electron chi connectivity index (χ3n) is 25.1. The number of nitrogens with one attached hydrogen (secondary N) is 6. The van der Waals surface area contributed by atoms with E-state index in [1.54, 1.807) is 0 Å². The van der Waals surface area contributed by atoms with Crippen LogP contribution in [-0.4, -0.2) is 222 Å². The second kappa shape index (κ2) is 53.7. The van der Waals surface area contributed by atoms with E-state index in [4.69, 9.17) is 74.0 Å². The third-order valence-corrected chi connectivity index (χ3v) is 31.4. The Morgan fingerprint density at radius 2 is 0.837 bits per heavy atom. The quantitative estimate of drug-likeness (QED) is 0.00679. The number of rotatable bonds is 44. The van der Waals surface area contributed by atoms with Crippen molar-refractivity contribution in [2.75, 3.05) is 72.4 Å². The van der Waals surface area contributed by atoms with E-state index in [0.717, 1.165) is 51.6 Å². The molecule has 0 radical (unpaired) electrons. The molecule has 3 aromatic heterocycles. The van der Waals surface area contributed by atoms with Crippen molar-refractivity contribution < 1.29 is 69.9 Å². The van der Waals surface area contributed by atoms with Gasteiger partial charge in [0.1, 0.15) is 83.3 Å². The van der Waals surface area contributed by atoms with Gasteiger partial charge < -0.3 is 81.2 Å². The van der Waals surface area contributed by atoms with Crippen molar-refractivity contribution in [3.8, 4) is 41.6 Å². The molecule has 36 nitrogen and oxygen atoms in total. The highest BCUT2D eigenvalue weighted by atomic mass is 31.2. The van der Waals surface area contributed by atoms with Gasteiger partial charge in [-0.15, -0.1) is 0 Å². The molecule has 4 aromatic carbocycles. The summed E-state index contributed by atoms with van der Waals surface area (Å²) >= 11 is 0. The minimum absolute atomic E-state index is 0. The first-order valence-corrected chi connectivity index (χ1v) is 51.6. The molecule has 15 atom stereocenters. The minimum Gasteiger partial charge on any atom is -0.368 e. The van der Waals surface area contributed by atoms with E-state index in [1.807, 2.05) is 51.1 Å². The lowest BCUT2D eigenvalue weighted by molar-refractivity contribution is -0.175. The molecule has 6 aliphatic rings. The van der Waals surface area contributed by atoms with Gasteiger partial charge in [0.2, 0.25) is 24.9 Å². The van der Waals surface area contributed by atoms with Crippen molar-refractivity contribution in [3.05, 3.63) is 181 Å². The van der Waals surface area contributed by atoms with Gasteiger partial charge in [-0.3, -0.25) is 57.4 Å². The number of carbonyl (C=O) groups excluding carboxylic acids is 3. The molecule has 766 valence electrons. The second-order valence-electron chi connectivity index (χ2n) is 36.7. The number of aromatic nitrogens is 6. The molecule has 13 rings (SSSR count). The number of carbonyl (C=O) groups is 3. The number of hydrogen-bond donors (Lipinski definition) is 6. The standard InChI is InChI=1S/C40H42N5O7P.C35H56N5O7P.C25H36N5O7P.2CH4/c1-6-40-23-49-34(35(40)52-53(50-21-9-19-41)45(24(2)3)25(4)5)38(51-40)44-22-29(36(46)43-39(44)48)12-8-20-42-37(47)31-18-16-28-14-13-26-10-7-11-27-15-17-30(31)33(28)32(26)27;1-8-10-11-12-13-14-15-16-17-20-29(41)37-21-18-19-28-24-39(34(43)38-32(28)42)33-30-31(35(9-2,46-33)25-44-30)47-48(45-23-22-36-7)40(26(3)4)27(5)6;1-8-25-15-34-20(21(25)37-38(35-13-12-26-7)30(16(2)3)17(4)5)23(36-25)29-14-19(22(32)28-24(29)33)10-9-11-27-18(6)31;;/h7,10-11,13-18,22,24-25,34-35,38H,6,9,20-21,23H2,1-5H3,(H,42,47)(H,43,46,48);24,26-27,30-31,33H,8-17,20-23,25H2,1-6H3,(H,37,41)(H,38,42,43);14,16-17,20-21,23H,8,11-13,15H2,1-6H3,(H,27,31)(H,28,32,33);2*1H4/t34?,35-,38+,40+,53?;30?,31-,33+,35+,48?;20?,21-,23+,25+,38?;;/m000../s1. The van der Waals surface area contributed by atoms with Crippen molar-refractivity contribution in [3.63, 3.8) is 0 Å². The highest BCUT2D eigenvalue weighted by Gasteiger charge is 2.66. The first kappa shape index (κ1) is 115. The van der Waals surface area contributed by atoms with E-state index in [-0.39, 0.29) is 164 Å². The summed E-state index contributed by atoms with van der Waals surface area (Å²) in [6, 6.07) is 20.8. The van der Waals surface area contributed by atoms with Gasteiger partial charge in [-0.05, 0) is 147 Å². The molecule has 141 heavy (non-hydrogen) atoms. The van der Waals surface area contributed by atoms with Gasteiger partial charge in [-0.1, -0.05) is 178 Å². The summed E-state index contributed by atoms with van der Waals surface area (Å²) in [7, 11) is -4.77. The van der Waals surface area contributed by atoms with E-state index < -0.39 is 131 Å². The van der Waals surface area contributed by atoms with Crippen LogP contribution in [0.4, 0.5) is 0 Å². The maximum atomic E-state index is 13.4. The molecular formula is C102H142N15O21P3. The number of fused-ring (bicyclic) bond motifs is 6. The largest absolute Gasteiger partial charge is 0.368 e. The number of nitrogens with zero attached hydrogens (tertiary/aromatic N) is 9. The van der Waals surface area contributed by atoms with Crippen molar-refractivity contribution >= 4 is 75.6 Å². The van der Waals surface area contributed by atoms with Crippen LogP contribution in [0.5, 0.6) is 0 Å². The maximum Gasteiger partial charge on any atom is 0.330 e. The number of amides is 3. The lowest BCUT2D eigenvalue weighted by Gasteiger charge is -2.38. The van der Waals surface area contributed by atoms with Crippen molar-refractivity contribution in [2.24, 2.45) is 0 Å². The van der Waals surface area contributed by atoms with Crippen molar-refractivity contribution in [2.45, 2.75) is 331 Å². The number of aromatic amines is 3. The summed E-state index contributed by atoms with van der Waals surface area (Å²) < 4.78 is 86.7. The Bertz CT molecular complexity index is 6070. The fourth-order valence-electron chi connectivity index (χ4n) is 18.3. The molecule has 6 aliphatic heterocycles. The number of benzene rings is 4. The summed E-state index contributed by atoms with van der Waals surface area (Å²) in [5, 5.41) is 23.6. The molecule has 3 amide bonds. The molecule has 6 N–H and O–H groups in total. The molecular weight excluding hydrogens is 1860 g/mol. The van der Waals surface area contributed by atoms with Gasteiger partial charge in [-0.25, -0.2) is 41.5 Å². The second-order valence-corrected chi connectivity index (χ2v) is 40.9. The van der Waals surface area contributed by atoms with Crippen LogP contribution in [0.15, 0.2) is 102 Å². The molecule has 39 heteroatoms. The number of nitriles is 1. The predicted molar refractivity (Wildman–Crippen MR) is 545 cm³/mol. The highest BCUT2D eigenvalue weighted by Crippen LogP contribution is 2.60. The summed E-state index contributed by atoms with van der Waals surface area (Å²) in [4.78, 5) is 128. The summed E-state index contributed by atoms with van der Waals surface area (Å²) in [6.45, 7) is 50.5. The van der Waals surface area contributed by atoms with E-state index in [1.165, 1.54) is 77.7 Å². The van der Waals surface area contributed by atoms with E-state index in [0.29, 0.717) is 31.2 Å². The number of ether oxygens (including phenoxy) is 6. The Balaban J connectivity index is 0.000000238. The van der Waals surface area contributed by atoms with Gasteiger partial charge in [0.25, 0.3) is 48.2 Å². The molecule has 7 aromatic rings. The number of hydrogen-bond acceptors (Lipinski definition) is 25. The monoisotopic (exact) mass is 2010 g/mol. The third kappa shape index (κ3) is 27.7. The molecule has 6 saturated heterocycles. The smallest absolute Gasteiger partial charge is 0.330 e. The van der Waals surface area contributed by atoms with Crippen molar-refractivity contribution in [1.29, 1.82) is 5.26 Å². The number of H-pyrrole nitrogens is 3. The van der Waals surface area contributed by atoms with Crippen molar-refractivity contribution in [1.82, 2.24) is 58.6 Å². The summed E-state index contributed by atoms with van der Waals surface area (Å²) in [5.74, 6) is 16.1. The van der Waals surface area contributed by atoms with Gasteiger partial charge in [-0.2, -0.15) is 5.26 Å². The Labute approximate surface area is 830 Å². The number of unbranched alkanes of at least 4 members (excludes halogenated alkanes) is 8. The van der Waals surface area contributed by atoms with Gasteiger partial charge in [0.15, 0.2) is 18.7 Å².